The summed E-state index contributed by atoms with van der Waals surface area (Å²) < 4.78 is 9.00. The fourth-order valence-electron chi connectivity index (χ4n) is 3.70. The first-order chi connectivity index (χ1) is 15.0. The van der Waals surface area contributed by atoms with E-state index in [1.165, 1.54) is 5.56 Å². The second-order valence-electron chi connectivity index (χ2n) is 7.57. The summed E-state index contributed by atoms with van der Waals surface area (Å²) in [7, 11) is 3.60. The number of halogens is 1. The van der Waals surface area contributed by atoms with E-state index in [0.717, 1.165) is 34.0 Å². The molecule has 2 aromatic heterocycles. The van der Waals surface area contributed by atoms with Crippen molar-refractivity contribution in [3.05, 3.63) is 82.8 Å². The molecule has 0 aliphatic heterocycles. The number of nitrogens with one attached hydrogen (secondary N) is 1. The second kappa shape index (κ2) is 8.96. The van der Waals surface area contributed by atoms with Crippen LogP contribution in [0.1, 0.15) is 29.8 Å². The predicted molar refractivity (Wildman–Crippen MR) is 124 cm³/mol. The Bertz CT molecular complexity index is 1180. The molecule has 1 atom stereocenters. The Labute approximate surface area is 187 Å². The molecule has 1 N–H and O–H groups in total. The molecule has 0 spiro atoms. The van der Waals surface area contributed by atoms with Crippen LogP contribution in [0.2, 0.25) is 5.02 Å². The minimum absolute atomic E-state index is 0.150. The third-order valence-corrected chi connectivity index (χ3v) is 5.70. The zero-order chi connectivity index (χ0) is 22.0. The van der Waals surface area contributed by atoms with E-state index < -0.39 is 0 Å². The van der Waals surface area contributed by atoms with E-state index in [9.17, 15) is 0 Å². The van der Waals surface area contributed by atoms with Crippen molar-refractivity contribution in [1.82, 2.24) is 24.9 Å². The summed E-state index contributed by atoms with van der Waals surface area (Å²) in [5.41, 5.74) is 6.02. The van der Waals surface area contributed by atoms with Crippen LogP contribution in [0.15, 0.2) is 60.9 Å². The van der Waals surface area contributed by atoms with E-state index in [1.807, 2.05) is 71.9 Å². The lowest BCUT2D eigenvalue weighted by Crippen LogP contribution is -2.18. The molecular formula is C24H26ClN5O. The van der Waals surface area contributed by atoms with Gasteiger partial charge in [-0.15, -0.1) is 0 Å². The molecule has 4 rings (SSSR count). The van der Waals surface area contributed by atoms with Crippen LogP contribution in [-0.2, 0) is 13.6 Å². The number of hydrogen-bond donors (Lipinski definition) is 1. The highest BCUT2D eigenvalue weighted by molar-refractivity contribution is 6.33. The third kappa shape index (κ3) is 4.50. The zero-order valence-electron chi connectivity index (χ0n) is 18.1. The van der Waals surface area contributed by atoms with Gasteiger partial charge in [0, 0.05) is 48.7 Å². The van der Waals surface area contributed by atoms with Crippen LogP contribution in [-0.4, -0.2) is 26.7 Å². The summed E-state index contributed by atoms with van der Waals surface area (Å²) in [6.07, 6.45) is 4.11. The first-order valence-electron chi connectivity index (χ1n) is 10.2. The quantitative estimate of drug-likeness (QED) is 0.439. The number of rotatable bonds is 7. The fourth-order valence-corrected chi connectivity index (χ4v) is 3.93. The van der Waals surface area contributed by atoms with Crippen LogP contribution in [0, 0.1) is 6.92 Å². The highest BCUT2D eigenvalue weighted by atomic mass is 35.5. The predicted octanol–water partition coefficient (Wildman–Crippen LogP) is 5.09. The van der Waals surface area contributed by atoms with Crippen molar-refractivity contribution in [3.63, 3.8) is 0 Å². The standard InChI is InChI=1S/C24H26ClN5O/c1-16(22-15-29(3)27-17(22)2)26-13-18-14-30(19-9-11-20(31-4)12-10-19)28-24(18)21-7-5-6-8-23(21)25/h5-12,14-16,26H,13H2,1-4H3/t16-/m0/s1. The molecule has 0 saturated heterocycles. The van der Waals surface area contributed by atoms with Gasteiger partial charge in [0.15, 0.2) is 0 Å². The van der Waals surface area contributed by atoms with Gasteiger partial charge in [-0.3, -0.25) is 4.68 Å². The lowest BCUT2D eigenvalue weighted by atomic mass is 10.1. The van der Waals surface area contributed by atoms with E-state index >= 15 is 0 Å². The molecule has 7 heteroatoms. The Morgan fingerprint density at radius 3 is 2.45 bits per heavy atom. The maximum atomic E-state index is 6.51. The van der Waals surface area contributed by atoms with Gasteiger partial charge >= 0.3 is 0 Å². The molecule has 0 unspecified atom stereocenters. The summed E-state index contributed by atoms with van der Waals surface area (Å²) in [6.45, 7) is 4.82. The second-order valence-corrected chi connectivity index (χ2v) is 7.98. The number of benzene rings is 2. The highest BCUT2D eigenvalue weighted by Crippen LogP contribution is 2.30. The molecule has 4 aromatic rings. The average Bonchev–Trinajstić information content (AvgIpc) is 3.35. The first kappa shape index (κ1) is 21.2. The molecule has 0 aliphatic carbocycles. The van der Waals surface area contributed by atoms with Gasteiger partial charge in [-0.25, -0.2) is 4.68 Å². The van der Waals surface area contributed by atoms with E-state index in [0.29, 0.717) is 11.6 Å². The van der Waals surface area contributed by atoms with Crippen LogP contribution >= 0.6 is 11.6 Å². The van der Waals surface area contributed by atoms with Gasteiger partial charge in [-0.05, 0) is 44.2 Å². The maximum Gasteiger partial charge on any atom is 0.119 e. The summed E-state index contributed by atoms with van der Waals surface area (Å²) in [4.78, 5) is 0. The summed E-state index contributed by atoms with van der Waals surface area (Å²) >= 11 is 6.51. The van der Waals surface area contributed by atoms with Crippen molar-refractivity contribution in [2.75, 3.05) is 7.11 Å². The number of methoxy groups -OCH3 is 1. The molecule has 0 aliphatic rings. The van der Waals surface area contributed by atoms with Crippen molar-refractivity contribution in [2.24, 2.45) is 7.05 Å². The Kier molecular flexibility index (Phi) is 6.11. The monoisotopic (exact) mass is 435 g/mol. The van der Waals surface area contributed by atoms with Crippen LogP contribution in [0.25, 0.3) is 16.9 Å². The Balaban J connectivity index is 1.67. The van der Waals surface area contributed by atoms with Gasteiger partial charge < -0.3 is 10.1 Å². The molecule has 2 heterocycles. The molecule has 6 nitrogen and oxygen atoms in total. The maximum absolute atomic E-state index is 6.51. The normalized spacial score (nSPS) is 12.2. The van der Waals surface area contributed by atoms with Crippen LogP contribution < -0.4 is 10.1 Å². The first-order valence-corrected chi connectivity index (χ1v) is 10.6. The van der Waals surface area contributed by atoms with Gasteiger partial charge in [0.25, 0.3) is 0 Å². The van der Waals surface area contributed by atoms with Gasteiger partial charge in [-0.2, -0.15) is 10.2 Å². The topological polar surface area (TPSA) is 56.9 Å². The summed E-state index contributed by atoms with van der Waals surface area (Å²) in [5.74, 6) is 0.810. The van der Waals surface area contributed by atoms with Gasteiger partial charge in [0.05, 0.1) is 29.2 Å². The molecule has 0 radical (unpaired) electrons. The molecule has 0 fully saturated rings. The zero-order valence-corrected chi connectivity index (χ0v) is 18.9. The Morgan fingerprint density at radius 2 is 1.81 bits per heavy atom. The highest BCUT2D eigenvalue weighted by Gasteiger charge is 2.17. The summed E-state index contributed by atoms with van der Waals surface area (Å²) in [6, 6.07) is 15.8. The molecule has 31 heavy (non-hydrogen) atoms. The molecular weight excluding hydrogens is 410 g/mol. The molecule has 2 aromatic carbocycles. The SMILES string of the molecule is COc1ccc(-n2cc(CN[C@@H](C)c3cn(C)nc3C)c(-c3ccccc3Cl)n2)cc1. The van der Waals surface area contributed by atoms with Crippen molar-refractivity contribution >= 4 is 11.6 Å². The van der Waals surface area contributed by atoms with E-state index in [2.05, 4.69) is 29.7 Å². The van der Waals surface area contributed by atoms with Crippen molar-refractivity contribution in [2.45, 2.75) is 26.4 Å². The average molecular weight is 436 g/mol. The van der Waals surface area contributed by atoms with E-state index in [-0.39, 0.29) is 6.04 Å². The van der Waals surface area contributed by atoms with Crippen molar-refractivity contribution in [1.29, 1.82) is 0 Å². The van der Waals surface area contributed by atoms with Gasteiger partial charge in [-0.1, -0.05) is 29.8 Å². The lowest BCUT2D eigenvalue weighted by Gasteiger charge is -2.13. The third-order valence-electron chi connectivity index (χ3n) is 5.37. The molecule has 0 amide bonds. The lowest BCUT2D eigenvalue weighted by molar-refractivity contribution is 0.414. The smallest absolute Gasteiger partial charge is 0.119 e. The summed E-state index contributed by atoms with van der Waals surface area (Å²) in [5, 5.41) is 13.6. The van der Waals surface area contributed by atoms with Crippen LogP contribution in [0.3, 0.4) is 0 Å². The van der Waals surface area contributed by atoms with Crippen LogP contribution in [0.4, 0.5) is 0 Å². The largest absolute Gasteiger partial charge is 0.497 e. The fraction of sp³-hybridized carbons (Fsp3) is 0.250. The molecule has 160 valence electrons. The number of nitrogens with zero attached hydrogens (tertiary/aromatic N) is 4. The van der Waals surface area contributed by atoms with Gasteiger partial charge in [0.2, 0.25) is 0 Å². The van der Waals surface area contributed by atoms with Crippen molar-refractivity contribution in [3.8, 4) is 22.7 Å². The number of aromatic nitrogens is 4. The Hall–Kier alpha value is -3.09. The molecule has 0 bridgehead atoms. The van der Waals surface area contributed by atoms with Crippen molar-refractivity contribution < 1.29 is 4.74 Å². The van der Waals surface area contributed by atoms with E-state index in [4.69, 9.17) is 21.4 Å². The minimum Gasteiger partial charge on any atom is -0.497 e. The minimum atomic E-state index is 0.150. The van der Waals surface area contributed by atoms with Crippen LogP contribution in [0.5, 0.6) is 5.75 Å². The number of hydrogen-bond acceptors (Lipinski definition) is 4. The van der Waals surface area contributed by atoms with Gasteiger partial charge in [0.1, 0.15) is 5.75 Å². The molecule has 0 saturated carbocycles. The number of aryl methyl sites for hydroxylation is 2. The Morgan fingerprint density at radius 1 is 1.06 bits per heavy atom. The van der Waals surface area contributed by atoms with E-state index in [1.54, 1.807) is 7.11 Å². The number of ether oxygens (including phenoxy) is 1.